The van der Waals surface area contributed by atoms with E-state index in [4.69, 9.17) is 23.4 Å². The molecule has 0 N–H and O–H groups in total. The minimum Gasteiger partial charge on any atom is -0.496 e. The number of ether oxygens (including phenoxy) is 4. The summed E-state index contributed by atoms with van der Waals surface area (Å²) in [7, 11) is 1.52. The van der Waals surface area contributed by atoms with Gasteiger partial charge in [0.2, 0.25) is 0 Å². The van der Waals surface area contributed by atoms with Crippen molar-refractivity contribution in [3.8, 4) is 11.5 Å². The molecular weight excluding hydrogens is 316 g/mol. The molecule has 2 aromatic rings. The fourth-order valence-electron chi connectivity index (χ4n) is 3.60. The van der Waals surface area contributed by atoms with Crippen LogP contribution in [0.5, 0.6) is 11.5 Å². The lowest BCUT2D eigenvalue weighted by Gasteiger charge is -2.18. The Morgan fingerprint density at radius 2 is 2.17 bits per heavy atom. The van der Waals surface area contributed by atoms with Crippen LogP contribution in [0, 0.1) is 0 Å². The van der Waals surface area contributed by atoms with E-state index in [-0.39, 0.29) is 18.1 Å². The third kappa shape index (κ3) is 1.56. The van der Waals surface area contributed by atoms with Crippen molar-refractivity contribution in [1.82, 2.24) is 0 Å². The number of carbonyl (C=O) groups is 1. The van der Waals surface area contributed by atoms with E-state index in [9.17, 15) is 9.59 Å². The number of esters is 1. The van der Waals surface area contributed by atoms with Gasteiger partial charge in [-0.05, 0) is 11.6 Å². The Morgan fingerprint density at radius 1 is 1.29 bits per heavy atom. The topological polar surface area (TPSA) is 84.2 Å². The van der Waals surface area contributed by atoms with Gasteiger partial charge in [0.1, 0.15) is 22.6 Å². The molecule has 0 saturated heterocycles. The van der Waals surface area contributed by atoms with Gasteiger partial charge in [-0.15, -0.1) is 0 Å². The molecule has 0 saturated carbocycles. The van der Waals surface area contributed by atoms with Crippen molar-refractivity contribution in [2.24, 2.45) is 0 Å². The zero-order valence-corrected chi connectivity index (χ0v) is 12.7. The molecular formula is C17H12O7. The predicted octanol–water partition coefficient (Wildman–Crippen LogP) is 1.86. The van der Waals surface area contributed by atoms with Crippen LogP contribution in [0.4, 0.5) is 0 Å². The molecule has 3 aliphatic heterocycles. The molecule has 7 nitrogen and oxygen atoms in total. The zero-order valence-electron chi connectivity index (χ0n) is 12.7. The molecule has 0 spiro atoms. The van der Waals surface area contributed by atoms with Crippen molar-refractivity contribution < 1.29 is 28.2 Å². The van der Waals surface area contributed by atoms with Crippen LogP contribution in [0.15, 0.2) is 27.6 Å². The van der Waals surface area contributed by atoms with Crippen molar-refractivity contribution in [3.63, 3.8) is 0 Å². The van der Waals surface area contributed by atoms with Crippen LogP contribution in [0.1, 0.15) is 27.4 Å². The van der Waals surface area contributed by atoms with Crippen LogP contribution in [0.2, 0.25) is 0 Å². The number of hydrogen-bond acceptors (Lipinski definition) is 7. The van der Waals surface area contributed by atoms with Crippen LogP contribution < -0.4 is 15.1 Å². The van der Waals surface area contributed by atoms with Crippen molar-refractivity contribution in [2.75, 3.05) is 13.7 Å². The molecule has 122 valence electrons. The lowest BCUT2D eigenvalue weighted by atomic mass is 9.93. The average Bonchev–Trinajstić information content (AvgIpc) is 3.14. The van der Waals surface area contributed by atoms with Crippen LogP contribution in [-0.4, -0.2) is 26.0 Å². The van der Waals surface area contributed by atoms with Gasteiger partial charge in [-0.25, -0.2) is 9.59 Å². The Bertz CT molecular complexity index is 985. The fourth-order valence-corrected chi connectivity index (χ4v) is 3.60. The Morgan fingerprint density at radius 3 is 3.00 bits per heavy atom. The Kier molecular flexibility index (Phi) is 2.54. The van der Waals surface area contributed by atoms with Gasteiger partial charge < -0.3 is 23.4 Å². The average molecular weight is 328 g/mol. The van der Waals surface area contributed by atoms with E-state index in [1.54, 1.807) is 12.3 Å². The molecule has 0 fully saturated rings. The van der Waals surface area contributed by atoms with E-state index in [2.05, 4.69) is 0 Å². The lowest BCUT2D eigenvalue weighted by molar-refractivity contribution is -0.00485. The summed E-state index contributed by atoms with van der Waals surface area (Å²) in [5.41, 5.74) is 0.960. The first kappa shape index (κ1) is 13.5. The number of fused-ring (bicyclic) bond motifs is 7. The summed E-state index contributed by atoms with van der Waals surface area (Å²) in [5, 5.41) is 0.618. The molecule has 0 radical (unpaired) electrons. The molecule has 0 aliphatic carbocycles. The number of rotatable bonds is 1. The standard InChI is InChI=1S/C17H12O7/c1-20-9-6-10-12(8-3-5-22-17(8)23-10)14-11(9)7-2-4-21-15(18)13(7)16(19)24-14/h3,5-6,8,17H,2,4H2,1H3/t8-,17-/m1/s1. The van der Waals surface area contributed by atoms with Gasteiger partial charge in [0, 0.05) is 12.5 Å². The second-order valence-electron chi connectivity index (χ2n) is 5.80. The number of benzene rings is 1. The van der Waals surface area contributed by atoms with Gasteiger partial charge in [0.25, 0.3) is 6.29 Å². The largest absolute Gasteiger partial charge is 0.496 e. The third-order valence-electron chi connectivity index (χ3n) is 4.63. The van der Waals surface area contributed by atoms with Crippen molar-refractivity contribution in [3.05, 3.63) is 45.5 Å². The number of hydrogen-bond donors (Lipinski definition) is 0. The number of methoxy groups -OCH3 is 1. The minimum absolute atomic E-state index is 0.0549. The predicted molar refractivity (Wildman–Crippen MR) is 80.4 cm³/mol. The minimum atomic E-state index is -0.705. The van der Waals surface area contributed by atoms with Crippen LogP contribution in [0.3, 0.4) is 0 Å². The van der Waals surface area contributed by atoms with E-state index < -0.39 is 17.9 Å². The van der Waals surface area contributed by atoms with Gasteiger partial charge in [0.15, 0.2) is 0 Å². The highest BCUT2D eigenvalue weighted by Gasteiger charge is 2.41. The van der Waals surface area contributed by atoms with Gasteiger partial charge in [-0.3, -0.25) is 0 Å². The van der Waals surface area contributed by atoms with E-state index in [1.165, 1.54) is 7.11 Å². The Hall–Kier alpha value is -2.96. The van der Waals surface area contributed by atoms with Gasteiger partial charge in [-0.2, -0.15) is 0 Å². The molecule has 0 amide bonds. The van der Waals surface area contributed by atoms with Crippen LogP contribution >= 0.6 is 0 Å². The molecule has 5 rings (SSSR count). The summed E-state index contributed by atoms with van der Waals surface area (Å²) in [4.78, 5) is 24.4. The molecule has 0 unspecified atom stereocenters. The smallest absolute Gasteiger partial charge is 0.351 e. The summed E-state index contributed by atoms with van der Waals surface area (Å²) < 4.78 is 27.1. The molecule has 7 heteroatoms. The third-order valence-corrected chi connectivity index (χ3v) is 4.63. The second-order valence-corrected chi connectivity index (χ2v) is 5.80. The first-order valence-electron chi connectivity index (χ1n) is 7.55. The molecule has 3 aliphatic rings. The maximum atomic E-state index is 12.4. The summed E-state index contributed by atoms with van der Waals surface area (Å²) in [6, 6.07) is 1.74. The highest BCUT2D eigenvalue weighted by molar-refractivity contribution is 6.01. The maximum absolute atomic E-state index is 12.4. The van der Waals surface area contributed by atoms with Gasteiger partial charge >= 0.3 is 11.6 Å². The normalized spacial score (nSPS) is 23.1. The van der Waals surface area contributed by atoms with Crippen molar-refractivity contribution >= 4 is 16.9 Å². The SMILES string of the molecule is COc1cc2c(c3oc(=O)c4c(c13)CCOC4=O)[C@H]1C=CO[C@@H]1O2. The molecule has 24 heavy (non-hydrogen) atoms. The molecule has 0 bridgehead atoms. The second kappa shape index (κ2) is 4.53. The van der Waals surface area contributed by atoms with Crippen molar-refractivity contribution in [1.29, 1.82) is 0 Å². The first-order chi connectivity index (χ1) is 11.7. The number of cyclic esters (lactones) is 1. The van der Waals surface area contributed by atoms with Crippen LogP contribution in [-0.2, 0) is 15.9 Å². The highest BCUT2D eigenvalue weighted by Crippen LogP contribution is 2.49. The van der Waals surface area contributed by atoms with Crippen LogP contribution in [0.25, 0.3) is 11.0 Å². The van der Waals surface area contributed by atoms with E-state index in [0.717, 1.165) is 5.56 Å². The molecule has 1 aromatic heterocycles. The van der Waals surface area contributed by atoms with Crippen molar-refractivity contribution in [2.45, 2.75) is 18.6 Å². The summed E-state index contributed by atoms with van der Waals surface area (Å²) in [6.07, 6.45) is 3.39. The monoisotopic (exact) mass is 328 g/mol. The molecule has 2 atom stereocenters. The quantitative estimate of drug-likeness (QED) is 0.583. The molecule has 4 heterocycles. The van der Waals surface area contributed by atoms with Gasteiger partial charge in [0.05, 0.1) is 36.8 Å². The fraction of sp³-hybridized carbons (Fsp3) is 0.294. The molecule has 1 aromatic carbocycles. The van der Waals surface area contributed by atoms with E-state index in [0.29, 0.717) is 34.5 Å². The lowest BCUT2D eigenvalue weighted by Crippen LogP contribution is -2.26. The maximum Gasteiger partial charge on any atom is 0.351 e. The Labute approximate surface area is 135 Å². The summed E-state index contributed by atoms with van der Waals surface area (Å²) >= 11 is 0. The highest BCUT2D eigenvalue weighted by atomic mass is 16.7. The summed E-state index contributed by atoms with van der Waals surface area (Å²) in [5.74, 6) is 0.223. The van der Waals surface area contributed by atoms with Gasteiger partial charge in [-0.1, -0.05) is 0 Å². The zero-order chi connectivity index (χ0) is 16.4. The van der Waals surface area contributed by atoms with E-state index >= 15 is 0 Å². The summed E-state index contributed by atoms with van der Waals surface area (Å²) in [6.45, 7) is 0.218. The number of carbonyl (C=O) groups excluding carboxylic acids is 1. The Balaban J connectivity index is 1.93. The first-order valence-corrected chi connectivity index (χ1v) is 7.55. The van der Waals surface area contributed by atoms with E-state index in [1.807, 2.05) is 6.08 Å².